The molecule has 2 fully saturated rings. The van der Waals surface area contributed by atoms with Crippen LogP contribution < -0.4 is 10.6 Å². The van der Waals surface area contributed by atoms with Gasteiger partial charge in [0, 0.05) is 19.1 Å². The lowest BCUT2D eigenvalue weighted by Crippen LogP contribution is -2.51. The van der Waals surface area contributed by atoms with Gasteiger partial charge in [0.1, 0.15) is 5.88 Å². The number of amides is 3. The van der Waals surface area contributed by atoms with Crippen molar-refractivity contribution in [2.45, 2.75) is 25.0 Å². The summed E-state index contributed by atoms with van der Waals surface area (Å²) in [6.45, 7) is 3.09. The van der Waals surface area contributed by atoms with E-state index in [-0.39, 0.29) is 12.0 Å². The minimum atomic E-state index is -0.521. The zero-order valence-electron chi connectivity index (χ0n) is 10.2. The number of hydrogen-bond donors (Lipinski definition) is 2. The molecule has 0 aromatic rings. The second-order valence-electron chi connectivity index (χ2n) is 4.64. The monoisotopic (exact) mass is 275 g/mol. The highest BCUT2D eigenvalue weighted by Gasteiger charge is 2.32. The van der Waals surface area contributed by atoms with E-state index in [9.17, 15) is 9.59 Å². The van der Waals surface area contributed by atoms with Gasteiger partial charge >= 0.3 is 6.03 Å². The SMILES string of the molecule is O=C(CCl)NC(=O)NCC1CN2CCCC2CO1. The molecule has 2 rings (SSSR count). The van der Waals surface area contributed by atoms with Crippen LogP contribution in [0.15, 0.2) is 0 Å². The average Bonchev–Trinajstić information content (AvgIpc) is 2.83. The fourth-order valence-electron chi connectivity index (χ4n) is 2.42. The Kier molecular flexibility index (Phi) is 4.79. The predicted molar refractivity (Wildman–Crippen MR) is 66.6 cm³/mol. The van der Waals surface area contributed by atoms with Crippen molar-refractivity contribution in [2.75, 3.05) is 32.1 Å². The molecule has 2 N–H and O–H groups in total. The number of carbonyl (C=O) groups is 2. The van der Waals surface area contributed by atoms with E-state index in [0.717, 1.165) is 19.7 Å². The quantitative estimate of drug-likeness (QED) is 0.707. The van der Waals surface area contributed by atoms with Crippen LogP contribution in [-0.2, 0) is 9.53 Å². The smallest absolute Gasteiger partial charge is 0.321 e. The minimum Gasteiger partial charge on any atom is -0.373 e. The van der Waals surface area contributed by atoms with Gasteiger partial charge < -0.3 is 10.1 Å². The van der Waals surface area contributed by atoms with Crippen molar-refractivity contribution in [1.29, 1.82) is 0 Å². The molecule has 2 aliphatic heterocycles. The fraction of sp³-hybridized carbons (Fsp3) is 0.818. The Morgan fingerprint density at radius 1 is 1.44 bits per heavy atom. The second-order valence-corrected chi connectivity index (χ2v) is 4.91. The predicted octanol–water partition coefficient (Wildman–Crippen LogP) is -0.0858. The van der Waals surface area contributed by atoms with Gasteiger partial charge in [0.05, 0.1) is 12.7 Å². The second kappa shape index (κ2) is 6.36. The maximum atomic E-state index is 11.3. The Morgan fingerprint density at radius 2 is 2.28 bits per heavy atom. The number of ether oxygens (including phenoxy) is 1. The number of carbonyl (C=O) groups excluding carboxylic acids is 2. The summed E-state index contributed by atoms with van der Waals surface area (Å²) in [5.74, 6) is -0.721. The van der Waals surface area contributed by atoms with Crippen LogP contribution in [0.25, 0.3) is 0 Å². The van der Waals surface area contributed by atoms with E-state index in [4.69, 9.17) is 16.3 Å². The highest BCUT2D eigenvalue weighted by Crippen LogP contribution is 2.22. The molecular weight excluding hydrogens is 258 g/mol. The van der Waals surface area contributed by atoms with Crippen molar-refractivity contribution in [3.63, 3.8) is 0 Å². The molecule has 6 nitrogen and oxygen atoms in total. The zero-order chi connectivity index (χ0) is 13.0. The first kappa shape index (κ1) is 13.6. The van der Waals surface area contributed by atoms with Crippen molar-refractivity contribution in [3.05, 3.63) is 0 Å². The lowest BCUT2D eigenvalue weighted by atomic mass is 10.2. The third-order valence-corrected chi connectivity index (χ3v) is 3.57. The number of nitrogens with one attached hydrogen (secondary N) is 2. The number of morpholine rings is 1. The number of alkyl halides is 1. The molecule has 2 atom stereocenters. The first-order chi connectivity index (χ1) is 8.69. The largest absolute Gasteiger partial charge is 0.373 e. The standard InChI is InChI=1S/C11H18ClN3O3/c12-4-10(16)14-11(17)13-5-9-6-15-3-1-2-8(15)7-18-9/h8-9H,1-7H2,(H2,13,14,16,17). The third kappa shape index (κ3) is 3.57. The molecule has 2 aliphatic rings. The Balaban J connectivity index is 1.67. The maximum Gasteiger partial charge on any atom is 0.321 e. The van der Waals surface area contributed by atoms with Gasteiger partial charge in [0.25, 0.3) is 0 Å². The summed E-state index contributed by atoms with van der Waals surface area (Å²) in [6.07, 6.45) is 2.42. The van der Waals surface area contributed by atoms with E-state index < -0.39 is 11.9 Å². The zero-order valence-corrected chi connectivity index (χ0v) is 10.9. The fourth-order valence-corrected chi connectivity index (χ4v) is 2.49. The first-order valence-electron chi connectivity index (χ1n) is 6.18. The van der Waals surface area contributed by atoms with Crippen LogP contribution in [0.3, 0.4) is 0 Å². The van der Waals surface area contributed by atoms with Crippen LogP contribution in [0.1, 0.15) is 12.8 Å². The molecule has 2 heterocycles. The normalized spacial score (nSPS) is 27.6. The number of halogens is 1. The van der Waals surface area contributed by atoms with Crippen molar-refractivity contribution >= 4 is 23.5 Å². The molecule has 0 saturated carbocycles. The Hall–Kier alpha value is -0.850. The van der Waals surface area contributed by atoms with Gasteiger partial charge in [0.2, 0.25) is 5.91 Å². The van der Waals surface area contributed by atoms with Crippen LogP contribution in [0.5, 0.6) is 0 Å². The summed E-state index contributed by atoms with van der Waals surface area (Å²) < 4.78 is 5.68. The summed E-state index contributed by atoms with van der Waals surface area (Å²) in [5, 5.41) is 4.74. The highest BCUT2D eigenvalue weighted by molar-refractivity contribution is 6.28. The lowest BCUT2D eigenvalue weighted by molar-refractivity contribution is -0.117. The van der Waals surface area contributed by atoms with Crippen LogP contribution in [-0.4, -0.2) is 61.1 Å². The topological polar surface area (TPSA) is 70.7 Å². The molecular formula is C11H18ClN3O3. The van der Waals surface area contributed by atoms with E-state index in [1.165, 1.54) is 12.8 Å². The molecule has 0 spiro atoms. The molecule has 7 heteroatoms. The van der Waals surface area contributed by atoms with Crippen molar-refractivity contribution in [1.82, 2.24) is 15.5 Å². The van der Waals surface area contributed by atoms with E-state index in [1.54, 1.807) is 0 Å². The third-order valence-electron chi connectivity index (χ3n) is 3.33. The van der Waals surface area contributed by atoms with Gasteiger partial charge in [-0.2, -0.15) is 0 Å². The summed E-state index contributed by atoms with van der Waals surface area (Å²) >= 11 is 5.28. The molecule has 2 saturated heterocycles. The van der Waals surface area contributed by atoms with Gasteiger partial charge in [-0.15, -0.1) is 11.6 Å². The van der Waals surface area contributed by atoms with Crippen LogP contribution in [0, 0.1) is 0 Å². The number of urea groups is 1. The Bertz CT molecular complexity index is 327. The first-order valence-corrected chi connectivity index (χ1v) is 6.72. The molecule has 0 bridgehead atoms. The number of fused-ring (bicyclic) bond motifs is 1. The van der Waals surface area contributed by atoms with E-state index >= 15 is 0 Å². The van der Waals surface area contributed by atoms with E-state index in [0.29, 0.717) is 12.6 Å². The minimum absolute atomic E-state index is 0.00352. The van der Waals surface area contributed by atoms with Crippen LogP contribution >= 0.6 is 11.6 Å². The molecule has 18 heavy (non-hydrogen) atoms. The maximum absolute atomic E-state index is 11.3. The number of rotatable bonds is 3. The summed E-state index contributed by atoms with van der Waals surface area (Å²) in [4.78, 5) is 24.6. The lowest BCUT2D eigenvalue weighted by Gasteiger charge is -2.35. The van der Waals surface area contributed by atoms with Crippen molar-refractivity contribution in [3.8, 4) is 0 Å². The van der Waals surface area contributed by atoms with Gasteiger partial charge in [0.15, 0.2) is 0 Å². The van der Waals surface area contributed by atoms with Gasteiger partial charge in [-0.05, 0) is 19.4 Å². The molecule has 0 aromatic heterocycles. The average molecular weight is 276 g/mol. The number of nitrogens with zero attached hydrogens (tertiary/aromatic N) is 1. The van der Waals surface area contributed by atoms with Crippen LogP contribution in [0.4, 0.5) is 4.79 Å². The Labute approximate surface area is 111 Å². The Morgan fingerprint density at radius 3 is 3.06 bits per heavy atom. The molecule has 102 valence electrons. The molecule has 0 radical (unpaired) electrons. The molecule has 0 aromatic carbocycles. The highest BCUT2D eigenvalue weighted by atomic mass is 35.5. The molecule has 2 unspecified atom stereocenters. The molecule has 0 aliphatic carbocycles. The molecule has 3 amide bonds. The number of imide groups is 1. The van der Waals surface area contributed by atoms with Gasteiger partial charge in [-0.3, -0.25) is 15.0 Å². The van der Waals surface area contributed by atoms with Gasteiger partial charge in [-0.25, -0.2) is 4.79 Å². The summed E-state index contributed by atoms with van der Waals surface area (Å²) in [5.41, 5.74) is 0. The van der Waals surface area contributed by atoms with Crippen molar-refractivity contribution in [2.24, 2.45) is 0 Å². The van der Waals surface area contributed by atoms with Gasteiger partial charge in [-0.1, -0.05) is 0 Å². The summed E-state index contributed by atoms with van der Waals surface area (Å²) in [6, 6.07) is 0.0284. The summed E-state index contributed by atoms with van der Waals surface area (Å²) in [7, 11) is 0. The van der Waals surface area contributed by atoms with E-state index in [1.807, 2.05) is 0 Å². The van der Waals surface area contributed by atoms with E-state index in [2.05, 4.69) is 15.5 Å². The van der Waals surface area contributed by atoms with Crippen LogP contribution in [0.2, 0.25) is 0 Å². The number of hydrogen-bond acceptors (Lipinski definition) is 4. The van der Waals surface area contributed by atoms with Crippen molar-refractivity contribution < 1.29 is 14.3 Å².